The summed E-state index contributed by atoms with van der Waals surface area (Å²) in [4.78, 5) is 33.1. The smallest absolute Gasteiger partial charge is 0.254 e. The predicted molar refractivity (Wildman–Crippen MR) is 101 cm³/mol. The van der Waals surface area contributed by atoms with E-state index in [0.717, 1.165) is 32.1 Å². The standard InChI is InChI=1S/C21H24N4O2/c1-13-22-11-17(12-23-13)21(27)25-19-7-6-18(10-19)24-20(26)16-8-14-4-2-3-5-15(14)9-16/h2-5,11-12,16,18-19H,6-10H2,1H3,(H,24,26)(H,25,27)/t18-,19+/m1/s1. The van der Waals surface area contributed by atoms with Crippen LogP contribution in [0.3, 0.4) is 0 Å². The van der Waals surface area contributed by atoms with Crippen LogP contribution in [0.5, 0.6) is 0 Å². The third-order valence-corrected chi connectivity index (χ3v) is 5.58. The minimum absolute atomic E-state index is 0.0285. The Kier molecular flexibility index (Phi) is 4.88. The van der Waals surface area contributed by atoms with Gasteiger partial charge in [-0.2, -0.15) is 0 Å². The number of aromatic nitrogens is 2. The normalized spacial score (nSPS) is 21.7. The Labute approximate surface area is 158 Å². The first-order chi connectivity index (χ1) is 13.1. The number of nitrogens with one attached hydrogen (secondary N) is 2. The van der Waals surface area contributed by atoms with Gasteiger partial charge in [-0.15, -0.1) is 0 Å². The lowest BCUT2D eigenvalue weighted by Crippen LogP contribution is -2.40. The minimum Gasteiger partial charge on any atom is -0.353 e. The molecular weight excluding hydrogens is 340 g/mol. The quantitative estimate of drug-likeness (QED) is 0.869. The zero-order chi connectivity index (χ0) is 18.8. The summed E-state index contributed by atoms with van der Waals surface area (Å²) in [6.07, 6.45) is 7.26. The molecule has 0 aliphatic heterocycles. The number of nitrogens with zero attached hydrogens (tertiary/aromatic N) is 2. The van der Waals surface area contributed by atoms with Gasteiger partial charge in [0.05, 0.1) is 5.56 Å². The molecular formula is C21H24N4O2. The van der Waals surface area contributed by atoms with Crippen molar-refractivity contribution >= 4 is 11.8 Å². The Morgan fingerprint density at radius 1 is 0.963 bits per heavy atom. The maximum atomic E-state index is 12.6. The molecule has 6 nitrogen and oxygen atoms in total. The second kappa shape index (κ2) is 7.47. The van der Waals surface area contributed by atoms with Crippen molar-refractivity contribution in [3.05, 3.63) is 59.2 Å². The van der Waals surface area contributed by atoms with Gasteiger partial charge < -0.3 is 10.6 Å². The number of benzene rings is 1. The van der Waals surface area contributed by atoms with E-state index >= 15 is 0 Å². The number of carbonyl (C=O) groups excluding carboxylic acids is 2. The Bertz CT molecular complexity index is 825. The van der Waals surface area contributed by atoms with Crippen LogP contribution in [-0.2, 0) is 17.6 Å². The number of hydrogen-bond donors (Lipinski definition) is 2. The molecule has 1 saturated carbocycles. The number of carbonyl (C=O) groups is 2. The fraction of sp³-hybridized carbons (Fsp3) is 0.429. The van der Waals surface area contributed by atoms with Crippen LogP contribution in [0.4, 0.5) is 0 Å². The van der Waals surface area contributed by atoms with E-state index in [9.17, 15) is 9.59 Å². The Morgan fingerprint density at radius 3 is 2.19 bits per heavy atom. The highest BCUT2D eigenvalue weighted by molar-refractivity contribution is 5.93. The molecule has 0 radical (unpaired) electrons. The summed E-state index contributed by atoms with van der Waals surface area (Å²) in [5.74, 6) is 0.651. The lowest BCUT2D eigenvalue weighted by atomic mass is 10.0. The molecule has 4 rings (SSSR count). The molecule has 2 amide bonds. The average Bonchev–Trinajstić information content (AvgIpc) is 3.29. The molecule has 2 aliphatic rings. The van der Waals surface area contributed by atoms with E-state index in [1.165, 1.54) is 11.1 Å². The zero-order valence-electron chi connectivity index (χ0n) is 15.4. The van der Waals surface area contributed by atoms with Crippen LogP contribution in [-0.4, -0.2) is 33.9 Å². The van der Waals surface area contributed by atoms with Crippen molar-refractivity contribution in [2.45, 2.75) is 51.1 Å². The monoisotopic (exact) mass is 364 g/mol. The molecule has 1 fully saturated rings. The van der Waals surface area contributed by atoms with Gasteiger partial charge in [0.25, 0.3) is 5.91 Å². The van der Waals surface area contributed by atoms with Crippen molar-refractivity contribution in [3.8, 4) is 0 Å². The van der Waals surface area contributed by atoms with Crippen molar-refractivity contribution in [1.29, 1.82) is 0 Å². The van der Waals surface area contributed by atoms with Crippen LogP contribution in [0, 0.1) is 12.8 Å². The van der Waals surface area contributed by atoms with Crippen molar-refractivity contribution in [1.82, 2.24) is 20.6 Å². The molecule has 2 atom stereocenters. The summed E-state index contributed by atoms with van der Waals surface area (Å²) in [5, 5.41) is 6.22. The van der Waals surface area contributed by atoms with Crippen molar-refractivity contribution < 1.29 is 9.59 Å². The molecule has 0 spiro atoms. The highest BCUT2D eigenvalue weighted by atomic mass is 16.2. The molecule has 0 saturated heterocycles. The zero-order valence-corrected chi connectivity index (χ0v) is 15.4. The molecule has 2 aromatic rings. The van der Waals surface area contributed by atoms with Gasteiger partial charge in [0.15, 0.2) is 0 Å². The Hall–Kier alpha value is -2.76. The second-order valence-electron chi connectivity index (χ2n) is 7.58. The van der Waals surface area contributed by atoms with Crippen molar-refractivity contribution in [2.75, 3.05) is 0 Å². The first-order valence-electron chi connectivity index (χ1n) is 9.55. The summed E-state index contributed by atoms with van der Waals surface area (Å²) in [5.41, 5.74) is 3.04. The van der Waals surface area contributed by atoms with Gasteiger partial charge in [-0.1, -0.05) is 24.3 Å². The van der Waals surface area contributed by atoms with Gasteiger partial charge in [0.2, 0.25) is 5.91 Å². The summed E-state index contributed by atoms with van der Waals surface area (Å²) >= 11 is 0. The molecule has 0 unspecified atom stereocenters. The van der Waals surface area contributed by atoms with Crippen LogP contribution in [0.1, 0.15) is 46.6 Å². The first-order valence-corrected chi connectivity index (χ1v) is 9.55. The van der Waals surface area contributed by atoms with Crippen LogP contribution in [0.25, 0.3) is 0 Å². The molecule has 6 heteroatoms. The van der Waals surface area contributed by atoms with E-state index in [1.54, 1.807) is 19.3 Å². The third-order valence-electron chi connectivity index (χ3n) is 5.58. The van der Waals surface area contributed by atoms with Gasteiger partial charge in [-0.25, -0.2) is 9.97 Å². The third kappa shape index (κ3) is 3.99. The Balaban J connectivity index is 1.27. The second-order valence-corrected chi connectivity index (χ2v) is 7.58. The molecule has 1 aromatic carbocycles. The van der Waals surface area contributed by atoms with Crippen LogP contribution in [0.2, 0.25) is 0 Å². The van der Waals surface area contributed by atoms with Gasteiger partial charge in [-0.05, 0) is 50.2 Å². The number of hydrogen-bond acceptors (Lipinski definition) is 4. The fourth-order valence-corrected chi connectivity index (χ4v) is 4.09. The summed E-state index contributed by atoms with van der Waals surface area (Å²) in [7, 11) is 0. The van der Waals surface area contributed by atoms with Gasteiger partial charge in [-0.3, -0.25) is 9.59 Å². The van der Waals surface area contributed by atoms with Crippen LogP contribution < -0.4 is 10.6 Å². The molecule has 2 N–H and O–H groups in total. The van der Waals surface area contributed by atoms with E-state index in [-0.39, 0.29) is 29.8 Å². The van der Waals surface area contributed by atoms with E-state index < -0.39 is 0 Å². The maximum absolute atomic E-state index is 12.6. The van der Waals surface area contributed by atoms with Crippen LogP contribution >= 0.6 is 0 Å². The maximum Gasteiger partial charge on any atom is 0.254 e. The number of amides is 2. The van der Waals surface area contributed by atoms with Crippen molar-refractivity contribution in [3.63, 3.8) is 0 Å². The van der Waals surface area contributed by atoms with Gasteiger partial charge in [0.1, 0.15) is 5.82 Å². The van der Waals surface area contributed by atoms with E-state index in [1.807, 2.05) is 12.1 Å². The lowest BCUT2D eigenvalue weighted by molar-refractivity contribution is -0.125. The molecule has 140 valence electrons. The van der Waals surface area contributed by atoms with E-state index in [0.29, 0.717) is 11.4 Å². The molecule has 0 bridgehead atoms. The summed E-state index contributed by atoms with van der Waals surface area (Å²) in [6, 6.07) is 8.48. The number of fused-ring (bicyclic) bond motifs is 1. The lowest BCUT2D eigenvalue weighted by Gasteiger charge is -2.17. The Morgan fingerprint density at radius 2 is 1.56 bits per heavy atom. The van der Waals surface area contributed by atoms with Crippen LogP contribution in [0.15, 0.2) is 36.7 Å². The average molecular weight is 364 g/mol. The number of rotatable bonds is 4. The van der Waals surface area contributed by atoms with Crippen molar-refractivity contribution in [2.24, 2.45) is 5.92 Å². The number of aryl methyl sites for hydroxylation is 1. The topological polar surface area (TPSA) is 84.0 Å². The highest BCUT2D eigenvalue weighted by Gasteiger charge is 2.32. The minimum atomic E-state index is -0.154. The largest absolute Gasteiger partial charge is 0.353 e. The summed E-state index contributed by atoms with van der Waals surface area (Å²) in [6.45, 7) is 1.79. The highest BCUT2D eigenvalue weighted by Crippen LogP contribution is 2.27. The van der Waals surface area contributed by atoms with E-state index in [2.05, 4.69) is 32.7 Å². The first kappa shape index (κ1) is 17.6. The SMILES string of the molecule is Cc1ncc(C(=O)N[C@H]2CC[C@@H](NC(=O)C3Cc4ccccc4C3)C2)cn1. The van der Waals surface area contributed by atoms with Gasteiger partial charge in [0, 0.05) is 30.4 Å². The molecule has 27 heavy (non-hydrogen) atoms. The molecule has 2 aliphatic carbocycles. The van der Waals surface area contributed by atoms with Gasteiger partial charge >= 0.3 is 0 Å². The summed E-state index contributed by atoms with van der Waals surface area (Å²) < 4.78 is 0. The molecule has 1 heterocycles. The molecule has 1 aromatic heterocycles. The predicted octanol–water partition coefficient (Wildman–Crippen LogP) is 1.97. The fourth-order valence-electron chi connectivity index (χ4n) is 4.09. The van der Waals surface area contributed by atoms with E-state index in [4.69, 9.17) is 0 Å².